The summed E-state index contributed by atoms with van der Waals surface area (Å²) in [5.41, 5.74) is 11.4. The number of carbonyl (C=O) groups is 3. The summed E-state index contributed by atoms with van der Waals surface area (Å²) < 4.78 is 0. The van der Waals surface area contributed by atoms with Crippen molar-refractivity contribution >= 4 is 52.5 Å². The van der Waals surface area contributed by atoms with Crippen LogP contribution in [0.15, 0.2) is 48.5 Å². The molecule has 2 atom stereocenters. The number of benzene rings is 2. The molecule has 1 aromatic heterocycles. The van der Waals surface area contributed by atoms with E-state index in [1.807, 2.05) is 17.0 Å². The molecular formula is C39H48Cl2N6O4. The van der Waals surface area contributed by atoms with Crippen LogP contribution < -0.4 is 16.0 Å². The van der Waals surface area contributed by atoms with Crippen molar-refractivity contribution in [2.45, 2.75) is 63.7 Å². The predicted molar refractivity (Wildman–Crippen MR) is 203 cm³/mol. The van der Waals surface area contributed by atoms with Crippen molar-refractivity contribution in [3.05, 3.63) is 75.4 Å². The van der Waals surface area contributed by atoms with Crippen LogP contribution in [-0.4, -0.2) is 90.0 Å². The predicted octanol–water partition coefficient (Wildman–Crippen LogP) is 6.23. The number of nitrogens with one attached hydrogen (secondary N) is 1. The fourth-order valence-electron chi connectivity index (χ4n) is 7.71. The number of nitrogens with two attached hydrogens (primary N) is 1. The Hall–Kier alpha value is -3.86. The van der Waals surface area contributed by atoms with Gasteiger partial charge >= 0.3 is 5.97 Å². The van der Waals surface area contributed by atoms with Gasteiger partial charge in [0.1, 0.15) is 5.82 Å². The smallest absolute Gasteiger partial charge is 0.304 e. The largest absolute Gasteiger partial charge is 0.481 e. The number of carboxylic acid groups (broad SMARTS) is 1. The number of amides is 2. The molecule has 3 aliphatic heterocycles. The summed E-state index contributed by atoms with van der Waals surface area (Å²) >= 11 is 12.9. The highest BCUT2D eigenvalue weighted by Gasteiger charge is 2.28. The SMILES string of the molecule is NC(=O)CCCC(=O)N1CCN(c2cc(-c3cc(Cl)cc(Cl)c3)cc([C@H](CC(=O)O)CN3CC[C@@H](CCc4ccc5c(n4)NCCC5)C3)c2)CC1. The zero-order valence-corrected chi connectivity index (χ0v) is 30.6. The monoisotopic (exact) mass is 734 g/mol. The highest BCUT2D eigenvalue weighted by Crippen LogP contribution is 2.36. The van der Waals surface area contributed by atoms with Gasteiger partial charge < -0.3 is 30.9 Å². The number of piperazine rings is 1. The van der Waals surface area contributed by atoms with E-state index in [0.29, 0.717) is 61.5 Å². The zero-order chi connectivity index (χ0) is 35.9. The Labute approximate surface area is 310 Å². The molecule has 2 saturated heterocycles. The third kappa shape index (κ3) is 10.1. The number of carbonyl (C=O) groups excluding carboxylic acids is 2. The van der Waals surface area contributed by atoms with Crippen molar-refractivity contribution in [1.29, 1.82) is 0 Å². The van der Waals surface area contributed by atoms with E-state index < -0.39 is 11.9 Å². The number of fused-ring (bicyclic) bond motifs is 1. The minimum absolute atomic E-state index is 0.0139. The number of hydrogen-bond acceptors (Lipinski definition) is 7. The molecule has 0 unspecified atom stereocenters. The lowest BCUT2D eigenvalue weighted by molar-refractivity contribution is -0.137. The van der Waals surface area contributed by atoms with Crippen LogP contribution in [0.4, 0.5) is 11.5 Å². The molecule has 0 spiro atoms. The Morgan fingerprint density at radius 3 is 2.47 bits per heavy atom. The molecule has 4 N–H and O–H groups in total. The minimum atomic E-state index is -0.830. The van der Waals surface area contributed by atoms with E-state index in [1.165, 1.54) is 5.56 Å². The van der Waals surface area contributed by atoms with Crippen molar-refractivity contribution in [2.75, 3.05) is 62.6 Å². The molecule has 0 bridgehead atoms. The van der Waals surface area contributed by atoms with E-state index in [1.54, 1.807) is 6.07 Å². The van der Waals surface area contributed by atoms with Crippen molar-refractivity contribution in [3.63, 3.8) is 0 Å². The molecule has 2 aromatic carbocycles. The van der Waals surface area contributed by atoms with Gasteiger partial charge in [0.25, 0.3) is 0 Å². The Kier molecular flexibility index (Phi) is 12.4. The second-order valence-electron chi connectivity index (χ2n) is 14.2. The quantitative estimate of drug-likeness (QED) is 0.178. The second kappa shape index (κ2) is 17.1. The number of aromatic nitrogens is 1. The van der Waals surface area contributed by atoms with Gasteiger partial charge in [-0.05, 0) is 110 Å². The van der Waals surface area contributed by atoms with E-state index >= 15 is 0 Å². The number of rotatable bonds is 14. The lowest BCUT2D eigenvalue weighted by Gasteiger charge is -2.37. The summed E-state index contributed by atoms with van der Waals surface area (Å²) in [4.78, 5) is 47.6. The van der Waals surface area contributed by atoms with Crippen LogP contribution in [0.2, 0.25) is 10.0 Å². The number of hydrogen-bond donors (Lipinski definition) is 3. The molecule has 272 valence electrons. The van der Waals surface area contributed by atoms with Gasteiger partial charge in [-0.1, -0.05) is 35.3 Å². The number of likely N-dealkylation sites (tertiary alicyclic amines) is 1. The number of aliphatic carboxylic acids is 1. The van der Waals surface area contributed by atoms with Gasteiger partial charge in [-0.3, -0.25) is 14.4 Å². The summed E-state index contributed by atoms with van der Waals surface area (Å²) in [5.74, 6) is 0.149. The molecular weight excluding hydrogens is 687 g/mol. The van der Waals surface area contributed by atoms with Gasteiger partial charge in [0.2, 0.25) is 11.8 Å². The lowest BCUT2D eigenvalue weighted by Crippen LogP contribution is -2.48. The molecule has 12 heteroatoms. The first kappa shape index (κ1) is 36.9. The average molecular weight is 736 g/mol. The van der Waals surface area contributed by atoms with Crippen LogP contribution in [0.25, 0.3) is 11.1 Å². The number of primary amides is 1. The van der Waals surface area contributed by atoms with E-state index in [0.717, 1.165) is 85.6 Å². The molecule has 4 heterocycles. The standard InChI is InChI=1S/C39H48Cl2N6O4/c40-32-18-30(19-33(41)23-32)28-17-29(21-35(20-28)46-13-15-47(16-14-46)37(49)5-1-4-36(42)48)31(22-38(50)51)25-45-12-10-26(24-45)6-8-34-9-7-27-3-2-11-43-39(27)44-34/h7,9,17-21,23,26,31H,1-6,8,10-16,22,24-25H2,(H2,42,48)(H,43,44)(H,50,51)/t26-,31-/m1/s1. The third-order valence-corrected chi connectivity index (χ3v) is 10.9. The van der Waals surface area contributed by atoms with Crippen molar-refractivity contribution in [1.82, 2.24) is 14.8 Å². The number of pyridine rings is 1. The highest BCUT2D eigenvalue weighted by molar-refractivity contribution is 6.35. The molecule has 51 heavy (non-hydrogen) atoms. The van der Waals surface area contributed by atoms with Crippen LogP contribution in [0.3, 0.4) is 0 Å². The summed E-state index contributed by atoms with van der Waals surface area (Å²) in [7, 11) is 0. The second-order valence-corrected chi connectivity index (χ2v) is 15.1. The zero-order valence-electron chi connectivity index (χ0n) is 29.1. The van der Waals surface area contributed by atoms with Crippen LogP contribution in [-0.2, 0) is 27.2 Å². The van der Waals surface area contributed by atoms with Crippen LogP contribution in [0, 0.1) is 5.92 Å². The average Bonchev–Trinajstić information content (AvgIpc) is 3.56. The third-order valence-electron chi connectivity index (χ3n) is 10.4. The highest BCUT2D eigenvalue weighted by atomic mass is 35.5. The molecule has 2 amide bonds. The lowest BCUT2D eigenvalue weighted by atomic mass is 9.91. The van der Waals surface area contributed by atoms with E-state index in [9.17, 15) is 19.5 Å². The van der Waals surface area contributed by atoms with Crippen molar-refractivity contribution in [2.24, 2.45) is 11.7 Å². The van der Waals surface area contributed by atoms with Gasteiger partial charge in [0.15, 0.2) is 0 Å². The van der Waals surface area contributed by atoms with Gasteiger partial charge in [0, 0.05) is 86.0 Å². The molecule has 3 aliphatic rings. The van der Waals surface area contributed by atoms with Crippen LogP contribution in [0.5, 0.6) is 0 Å². The van der Waals surface area contributed by atoms with Gasteiger partial charge in [-0.15, -0.1) is 0 Å². The Morgan fingerprint density at radius 2 is 1.73 bits per heavy atom. The van der Waals surface area contributed by atoms with Gasteiger partial charge in [0.05, 0.1) is 6.42 Å². The summed E-state index contributed by atoms with van der Waals surface area (Å²) in [5, 5.41) is 14.6. The Balaban J connectivity index is 1.17. The normalized spacial score (nSPS) is 18.3. The van der Waals surface area contributed by atoms with Gasteiger partial charge in [-0.2, -0.15) is 0 Å². The topological polar surface area (TPSA) is 132 Å². The first-order chi connectivity index (χ1) is 24.6. The number of nitrogens with zero attached hydrogens (tertiary/aromatic N) is 4. The molecule has 3 aromatic rings. The van der Waals surface area contributed by atoms with E-state index in [2.05, 4.69) is 45.4 Å². The first-order valence-electron chi connectivity index (χ1n) is 18.2. The van der Waals surface area contributed by atoms with Crippen LogP contribution >= 0.6 is 23.2 Å². The number of anilines is 2. The number of aryl methyl sites for hydroxylation is 2. The maximum absolute atomic E-state index is 12.8. The number of halogens is 2. The Morgan fingerprint density at radius 1 is 0.961 bits per heavy atom. The summed E-state index contributed by atoms with van der Waals surface area (Å²) in [6.07, 6.45) is 6.28. The maximum atomic E-state index is 12.8. The van der Waals surface area contributed by atoms with Crippen molar-refractivity contribution in [3.8, 4) is 11.1 Å². The maximum Gasteiger partial charge on any atom is 0.304 e. The summed E-state index contributed by atoms with van der Waals surface area (Å²) in [6, 6.07) is 16.2. The fourth-order valence-corrected chi connectivity index (χ4v) is 8.24. The van der Waals surface area contributed by atoms with Gasteiger partial charge in [-0.25, -0.2) is 4.98 Å². The van der Waals surface area contributed by atoms with E-state index in [4.69, 9.17) is 33.9 Å². The molecule has 2 fully saturated rings. The molecule has 0 saturated carbocycles. The van der Waals surface area contributed by atoms with Crippen LogP contribution in [0.1, 0.15) is 67.7 Å². The molecule has 10 nitrogen and oxygen atoms in total. The summed E-state index contributed by atoms with van der Waals surface area (Å²) in [6.45, 7) is 5.88. The molecule has 0 aliphatic carbocycles. The Bertz CT molecular complexity index is 1710. The number of carboxylic acids is 1. The van der Waals surface area contributed by atoms with Crippen molar-refractivity contribution < 1.29 is 19.5 Å². The molecule has 0 radical (unpaired) electrons. The fraction of sp³-hybridized carbons (Fsp3) is 0.487. The minimum Gasteiger partial charge on any atom is -0.481 e. The first-order valence-corrected chi connectivity index (χ1v) is 18.9. The molecule has 6 rings (SSSR count). The van der Waals surface area contributed by atoms with E-state index in [-0.39, 0.29) is 24.7 Å².